The van der Waals surface area contributed by atoms with Gasteiger partial charge in [0.15, 0.2) is 0 Å². The minimum Gasteiger partial charge on any atom is -0.326 e. The molecule has 1 fully saturated rings. The normalized spacial score (nSPS) is 15.8. The van der Waals surface area contributed by atoms with Gasteiger partial charge in [0.05, 0.1) is 12.5 Å². The van der Waals surface area contributed by atoms with Crippen LogP contribution in [0.5, 0.6) is 0 Å². The Balaban J connectivity index is 1.53. The highest BCUT2D eigenvalue weighted by molar-refractivity contribution is 7.92. The Morgan fingerprint density at radius 1 is 1.10 bits per heavy atom. The summed E-state index contributed by atoms with van der Waals surface area (Å²) >= 11 is 0. The number of carbonyl (C=O) groups is 1. The van der Waals surface area contributed by atoms with Gasteiger partial charge in [-0.2, -0.15) is 9.57 Å². The van der Waals surface area contributed by atoms with Crippen LogP contribution in [-0.4, -0.2) is 31.7 Å². The lowest BCUT2D eigenvalue weighted by atomic mass is 9.97. The third-order valence-electron chi connectivity index (χ3n) is 4.92. The molecule has 2 aromatic rings. The highest BCUT2D eigenvalue weighted by Gasteiger charge is 2.29. The van der Waals surface area contributed by atoms with Gasteiger partial charge in [0.2, 0.25) is 15.9 Å². The van der Waals surface area contributed by atoms with Crippen molar-refractivity contribution in [1.29, 1.82) is 5.26 Å². The van der Waals surface area contributed by atoms with Crippen LogP contribution in [-0.2, 0) is 21.2 Å². The topological polar surface area (TPSA) is 90.3 Å². The summed E-state index contributed by atoms with van der Waals surface area (Å²) in [7, 11) is -3.51. The molecule has 3 rings (SSSR count). The molecule has 1 heterocycles. The van der Waals surface area contributed by atoms with Gasteiger partial charge in [-0.15, -0.1) is 0 Å². The second kappa shape index (κ2) is 9.50. The summed E-state index contributed by atoms with van der Waals surface area (Å²) in [4.78, 5) is 12.5. The molecule has 0 saturated carbocycles. The first kappa shape index (κ1) is 20.8. The highest BCUT2D eigenvalue weighted by atomic mass is 32.2. The standard InChI is InChI=1S/C22H23N3O3S/c23-14-10-19-6-8-21(9-7-19)24-22(26)20-11-15-25(16-12-20)29(27,28)17-13-18-4-2-1-3-5-18/h1-9,13,17,20H,10-12,15-16H2,(H,24,26)/b17-13+. The quantitative estimate of drug-likeness (QED) is 0.792. The maximum Gasteiger partial charge on any atom is 0.236 e. The highest BCUT2D eigenvalue weighted by Crippen LogP contribution is 2.22. The summed E-state index contributed by atoms with van der Waals surface area (Å²) in [5.74, 6) is -0.326. The van der Waals surface area contributed by atoms with Gasteiger partial charge in [-0.05, 0) is 42.2 Å². The predicted molar refractivity (Wildman–Crippen MR) is 113 cm³/mol. The van der Waals surface area contributed by atoms with E-state index in [2.05, 4.69) is 11.4 Å². The van der Waals surface area contributed by atoms with Crippen LogP contribution in [0.2, 0.25) is 0 Å². The molecule has 150 valence electrons. The molecular weight excluding hydrogens is 386 g/mol. The summed E-state index contributed by atoms with van der Waals surface area (Å²) < 4.78 is 26.5. The summed E-state index contributed by atoms with van der Waals surface area (Å²) in [6.45, 7) is 0.640. The Morgan fingerprint density at radius 3 is 2.38 bits per heavy atom. The van der Waals surface area contributed by atoms with Crippen molar-refractivity contribution < 1.29 is 13.2 Å². The van der Waals surface area contributed by atoms with E-state index in [1.165, 1.54) is 9.71 Å². The molecule has 1 amide bonds. The lowest BCUT2D eigenvalue weighted by molar-refractivity contribution is -0.120. The van der Waals surface area contributed by atoms with Crippen molar-refractivity contribution in [1.82, 2.24) is 4.31 Å². The molecule has 29 heavy (non-hydrogen) atoms. The first-order valence-corrected chi connectivity index (χ1v) is 11.0. The summed E-state index contributed by atoms with van der Waals surface area (Å²) in [5.41, 5.74) is 2.40. The zero-order chi connectivity index (χ0) is 20.7. The molecule has 6 nitrogen and oxygen atoms in total. The van der Waals surface area contributed by atoms with E-state index in [-0.39, 0.29) is 11.8 Å². The van der Waals surface area contributed by atoms with Crippen molar-refractivity contribution in [3.63, 3.8) is 0 Å². The van der Waals surface area contributed by atoms with Crippen LogP contribution in [0, 0.1) is 17.2 Å². The third kappa shape index (κ3) is 5.76. The minimum absolute atomic E-state index is 0.102. The molecule has 1 saturated heterocycles. The summed E-state index contributed by atoms with van der Waals surface area (Å²) in [6.07, 6.45) is 2.89. The fraction of sp³-hybridized carbons (Fsp3) is 0.273. The van der Waals surface area contributed by atoms with Crippen molar-refractivity contribution in [2.45, 2.75) is 19.3 Å². The van der Waals surface area contributed by atoms with Crippen LogP contribution >= 0.6 is 0 Å². The van der Waals surface area contributed by atoms with Gasteiger partial charge < -0.3 is 5.32 Å². The van der Waals surface area contributed by atoms with Gasteiger partial charge in [-0.1, -0.05) is 42.5 Å². The van der Waals surface area contributed by atoms with Crippen molar-refractivity contribution in [3.05, 3.63) is 71.1 Å². The molecule has 7 heteroatoms. The fourth-order valence-electron chi connectivity index (χ4n) is 3.23. The first-order valence-electron chi connectivity index (χ1n) is 9.48. The lowest BCUT2D eigenvalue weighted by Crippen LogP contribution is -2.40. The van der Waals surface area contributed by atoms with Gasteiger partial charge in [0.1, 0.15) is 0 Å². The molecule has 0 atom stereocenters. The molecular formula is C22H23N3O3S. The first-order chi connectivity index (χ1) is 14.0. The van der Waals surface area contributed by atoms with Crippen molar-refractivity contribution in [3.8, 4) is 6.07 Å². The molecule has 1 aliphatic rings. The van der Waals surface area contributed by atoms with Crippen LogP contribution < -0.4 is 5.32 Å². The number of piperidine rings is 1. The van der Waals surface area contributed by atoms with E-state index in [0.29, 0.717) is 38.0 Å². The molecule has 0 radical (unpaired) electrons. The minimum atomic E-state index is -3.51. The van der Waals surface area contributed by atoms with Crippen LogP contribution in [0.4, 0.5) is 5.69 Å². The molecule has 0 spiro atoms. The van der Waals surface area contributed by atoms with Gasteiger partial charge in [-0.3, -0.25) is 4.79 Å². The number of nitriles is 1. The van der Waals surface area contributed by atoms with E-state index < -0.39 is 10.0 Å². The average molecular weight is 410 g/mol. The van der Waals surface area contributed by atoms with Crippen molar-refractivity contribution >= 4 is 27.7 Å². The van der Waals surface area contributed by atoms with Gasteiger partial charge in [-0.25, -0.2) is 8.42 Å². The third-order valence-corrected chi connectivity index (χ3v) is 6.49. The van der Waals surface area contributed by atoms with Crippen molar-refractivity contribution in [2.75, 3.05) is 18.4 Å². The number of nitrogens with zero attached hydrogens (tertiary/aromatic N) is 2. The second-order valence-electron chi connectivity index (χ2n) is 6.95. The molecule has 0 aromatic heterocycles. The van der Waals surface area contributed by atoms with Crippen LogP contribution in [0.25, 0.3) is 6.08 Å². The Kier molecular flexibility index (Phi) is 6.81. The smallest absolute Gasteiger partial charge is 0.236 e. The number of carbonyl (C=O) groups excluding carboxylic acids is 1. The Bertz CT molecular complexity index is 1000. The maximum atomic E-state index is 12.5. The van der Waals surface area contributed by atoms with Crippen LogP contribution in [0.15, 0.2) is 60.0 Å². The lowest BCUT2D eigenvalue weighted by Gasteiger charge is -2.29. The molecule has 0 unspecified atom stereocenters. The molecule has 0 aliphatic carbocycles. The number of benzene rings is 2. The van der Waals surface area contributed by atoms with Gasteiger partial charge in [0, 0.05) is 30.1 Å². The number of hydrogen-bond donors (Lipinski definition) is 1. The maximum absolute atomic E-state index is 12.5. The zero-order valence-electron chi connectivity index (χ0n) is 16.0. The Labute approximate surface area is 171 Å². The summed E-state index contributed by atoms with van der Waals surface area (Å²) in [5, 5.41) is 12.8. The average Bonchev–Trinajstić information content (AvgIpc) is 2.75. The number of anilines is 1. The number of amides is 1. The fourth-order valence-corrected chi connectivity index (χ4v) is 4.45. The molecule has 1 N–H and O–H groups in total. The summed E-state index contributed by atoms with van der Waals surface area (Å²) in [6, 6.07) is 18.5. The van der Waals surface area contributed by atoms with E-state index in [0.717, 1.165) is 11.1 Å². The van der Waals surface area contributed by atoms with E-state index in [9.17, 15) is 13.2 Å². The van der Waals surface area contributed by atoms with Crippen LogP contribution in [0.3, 0.4) is 0 Å². The zero-order valence-corrected chi connectivity index (χ0v) is 16.8. The number of nitrogens with one attached hydrogen (secondary N) is 1. The SMILES string of the molecule is N#CCc1ccc(NC(=O)C2CCN(S(=O)(=O)/C=C/c3ccccc3)CC2)cc1. The number of hydrogen-bond acceptors (Lipinski definition) is 4. The van der Waals surface area contributed by atoms with E-state index in [4.69, 9.17) is 5.26 Å². The Hall–Kier alpha value is -2.95. The molecule has 1 aliphatic heterocycles. The molecule has 0 bridgehead atoms. The van der Waals surface area contributed by atoms with Crippen LogP contribution in [0.1, 0.15) is 24.0 Å². The Morgan fingerprint density at radius 2 is 1.76 bits per heavy atom. The number of rotatable bonds is 6. The van der Waals surface area contributed by atoms with Gasteiger partial charge in [0.25, 0.3) is 0 Å². The van der Waals surface area contributed by atoms with Crippen molar-refractivity contribution in [2.24, 2.45) is 5.92 Å². The van der Waals surface area contributed by atoms with E-state index in [1.807, 2.05) is 42.5 Å². The number of sulfonamides is 1. The monoisotopic (exact) mass is 409 g/mol. The molecule has 2 aromatic carbocycles. The largest absolute Gasteiger partial charge is 0.326 e. The predicted octanol–water partition coefficient (Wildman–Crippen LogP) is 3.40. The second-order valence-corrected chi connectivity index (χ2v) is 8.77. The van der Waals surface area contributed by atoms with E-state index >= 15 is 0 Å². The van der Waals surface area contributed by atoms with E-state index in [1.54, 1.807) is 18.2 Å². The van der Waals surface area contributed by atoms with Gasteiger partial charge >= 0.3 is 0 Å².